The van der Waals surface area contributed by atoms with E-state index in [9.17, 15) is 4.79 Å². The van der Waals surface area contributed by atoms with Crippen molar-refractivity contribution in [3.05, 3.63) is 77.3 Å². The monoisotopic (exact) mass is 475 g/mol. The van der Waals surface area contributed by atoms with Crippen LogP contribution in [0.5, 0.6) is 11.5 Å². The predicted octanol–water partition coefficient (Wildman–Crippen LogP) is 5.45. The number of fused-ring (bicyclic) bond motifs is 1. The van der Waals surface area contributed by atoms with Gasteiger partial charge >= 0.3 is 0 Å². The summed E-state index contributed by atoms with van der Waals surface area (Å²) in [7, 11) is 1.91. The molecule has 1 amide bonds. The summed E-state index contributed by atoms with van der Waals surface area (Å²) in [6.45, 7) is 3.34. The van der Waals surface area contributed by atoms with Crippen LogP contribution in [0.25, 0.3) is 10.2 Å². The van der Waals surface area contributed by atoms with Crippen molar-refractivity contribution in [1.29, 1.82) is 0 Å². The zero-order valence-corrected chi connectivity index (χ0v) is 20.1. The zero-order chi connectivity index (χ0) is 23.3. The molecule has 0 saturated carbocycles. The summed E-state index contributed by atoms with van der Waals surface area (Å²) in [5, 5.41) is 8.42. The molecule has 0 radical (unpaired) electrons. The maximum Gasteiger partial charge on any atom is 0.272 e. The van der Waals surface area contributed by atoms with Crippen molar-refractivity contribution in [2.75, 3.05) is 25.0 Å². The fourth-order valence-electron chi connectivity index (χ4n) is 4.26. The first-order valence-electron chi connectivity index (χ1n) is 11.7. The van der Waals surface area contributed by atoms with Gasteiger partial charge in [0.15, 0.2) is 0 Å². The van der Waals surface area contributed by atoms with E-state index in [4.69, 9.17) is 9.47 Å². The number of carbonyl (C=O) groups is 1. The quantitative estimate of drug-likeness (QED) is 0.356. The van der Waals surface area contributed by atoms with Crippen LogP contribution in [0, 0.1) is 5.92 Å². The van der Waals surface area contributed by atoms with E-state index in [-0.39, 0.29) is 5.91 Å². The fraction of sp³-hybridized carbons (Fsp3) is 0.296. The second-order valence-electron chi connectivity index (χ2n) is 8.68. The first kappa shape index (κ1) is 22.5. The number of ether oxygens (including phenoxy) is 2. The van der Waals surface area contributed by atoms with Gasteiger partial charge in [-0.05, 0) is 91.3 Å². The van der Waals surface area contributed by atoms with Crippen molar-refractivity contribution in [3.63, 3.8) is 0 Å². The standard InChI is InChI=1S/C27H29N3O3S/c1-30-24-11-14-34-26(24)16-25(30)27(31)29-21-4-2-3-20(15-21)18-33-23-7-5-22(6-8-23)32-17-19-9-12-28-13-10-19/h2-8,11,14-16,19,28H,9-10,12-13,17-18H2,1H3,(H,29,31). The van der Waals surface area contributed by atoms with Crippen LogP contribution in [0.2, 0.25) is 0 Å². The highest BCUT2D eigenvalue weighted by molar-refractivity contribution is 7.17. The maximum atomic E-state index is 12.8. The highest BCUT2D eigenvalue weighted by Crippen LogP contribution is 2.25. The molecule has 4 aromatic rings. The third-order valence-electron chi connectivity index (χ3n) is 6.26. The van der Waals surface area contributed by atoms with Gasteiger partial charge < -0.3 is 24.7 Å². The van der Waals surface area contributed by atoms with Crippen molar-refractivity contribution in [2.45, 2.75) is 19.4 Å². The largest absolute Gasteiger partial charge is 0.493 e. The first-order chi connectivity index (χ1) is 16.7. The summed E-state index contributed by atoms with van der Waals surface area (Å²) < 4.78 is 14.9. The van der Waals surface area contributed by atoms with Gasteiger partial charge in [0.05, 0.1) is 16.8 Å². The highest BCUT2D eigenvalue weighted by atomic mass is 32.1. The Morgan fingerprint density at radius 1 is 1.06 bits per heavy atom. The predicted molar refractivity (Wildman–Crippen MR) is 137 cm³/mol. The molecule has 5 rings (SSSR count). The van der Waals surface area contributed by atoms with E-state index in [0.717, 1.165) is 52.7 Å². The Labute approximate surface area is 203 Å². The van der Waals surface area contributed by atoms with Gasteiger partial charge in [0.25, 0.3) is 5.91 Å². The van der Waals surface area contributed by atoms with Gasteiger partial charge in [-0.25, -0.2) is 0 Å². The van der Waals surface area contributed by atoms with E-state index in [0.29, 0.717) is 18.2 Å². The van der Waals surface area contributed by atoms with Gasteiger partial charge in [0.2, 0.25) is 0 Å². The second kappa shape index (κ2) is 10.3. The van der Waals surface area contributed by atoms with Crippen LogP contribution in [0.4, 0.5) is 5.69 Å². The highest BCUT2D eigenvalue weighted by Gasteiger charge is 2.15. The van der Waals surface area contributed by atoms with Crippen molar-refractivity contribution in [2.24, 2.45) is 13.0 Å². The van der Waals surface area contributed by atoms with Gasteiger partial charge in [-0.3, -0.25) is 4.79 Å². The molecule has 0 spiro atoms. The molecule has 2 N–H and O–H groups in total. The Morgan fingerprint density at radius 2 is 1.82 bits per heavy atom. The van der Waals surface area contributed by atoms with Crippen LogP contribution in [0.1, 0.15) is 28.9 Å². The van der Waals surface area contributed by atoms with E-state index in [1.165, 1.54) is 12.8 Å². The molecule has 1 aliphatic rings. The lowest BCUT2D eigenvalue weighted by atomic mass is 9.99. The van der Waals surface area contributed by atoms with Gasteiger partial charge in [0.1, 0.15) is 23.8 Å². The SMILES string of the molecule is Cn1c(C(=O)Nc2cccc(COc3ccc(OCC4CCNCC4)cc3)c2)cc2sccc21. The summed E-state index contributed by atoms with van der Waals surface area (Å²) in [5.74, 6) is 2.16. The number of amides is 1. The normalized spacial score (nSPS) is 14.3. The van der Waals surface area contributed by atoms with Crippen molar-refractivity contribution >= 4 is 33.1 Å². The van der Waals surface area contributed by atoms with Crippen LogP contribution >= 0.6 is 11.3 Å². The van der Waals surface area contributed by atoms with Gasteiger partial charge in [-0.15, -0.1) is 11.3 Å². The topological polar surface area (TPSA) is 64.5 Å². The Balaban J connectivity index is 1.14. The molecule has 3 heterocycles. The molecule has 6 nitrogen and oxygen atoms in total. The van der Waals surface area contributed by atoms with Crippen LogP contribution in [-0.4, -0.2) is 30.2 Å². The molecule has 34 heavy (non-hydrogen) atoms. The molecule has 2 aromatic heterocycles. The summed E-state index contributed by atoms with van der Waals surface area (Å²) in [6.07, 6.45) is 2.34. The number of aromatic nitrogens is 1. The molecule has 0 unspecified atom stereocenters. The van der Waals surface area contributed by atoms with Crippen LogP contribution in [0.15, 0.2) is 66.0 Å². The molecule has 1 aliphatic heterocycles. The Kier molecular flexibility index (Phi) is 6.83. The van der Waals surface area contributed by atoms with Gasteiger partial charge in [0, 0.05) is 12.7 Å². The van der Waals surface area contributed by atoms with Gasteiger partial charge in [-0.2, -0.15) is 0 Å². The Hall–Kier alpha value is -3.29. The number of hydrogen-bond donors (Lipinski definition) is 2. The van der Waals surface area contributed by atoms with Crippen molar-refractivity contribution < 1.29 is 14.3 Å². The number of piperidine rings is 1. The number of benzene rings is 2. The molecule has 2 aromatic carbocycles. The molecule has 0 atom stereocenters. The number of hydrogen-bond acceptors (Lipinski definition) is 5. The number of rotatable bonds is 8. The lowest BCUT2D eigenvalue weighted by Crippen LogP contribution is -2.30. The van der Waals surface area contributed by atoms with Gasteiger partial charge in [-0.1, -0.05) is 12.1 Å². The van der Waals surface area contributed by atoms with E-state index in [2.05, 4.69) is 10.6 Å². The average molecular weight is 476 g/mol. The molecule has 1 saturated heterocycles. The number of aryl methyl sites for hydroxylation is 1. The molecule has 1 fully saturated rings. The Morgan fingerprint density at radius 3 is 2.59 bits per heavy atom. The molecular weight excluding hydrogens is 446 g/mol. The molecule has 0 aliphatic carbocycles. The third kappa shape index (κ3) is 5.26. The Bertz CT molecular complexity index is 1260. The van der Waals surface area contributed by atoms with Crippen molar-refractivity contribution in [3.8, 4) is 11.5 Å². The lowest BCUT2D eigenvalue weighted by Gasteiger charge is -2.22. The maximum absolute atomic E-state index is 12.8. The smallest absolute Gasteiger partial charge is 0.272 e. The number of thiophene rings is 1. The second-order valence-corrected chi connectivity index (χ2v) is 9.63. The number of anilines is 1. The van der Waals surface area contributed by atoms with Crippen LogP contribution < -0.4 is 20.1 Å². The summed E-state index contributed by atoms with van der Waals surface area (Å²) >= 11 is 1.64. The molecular formula is C27H29N3O3S. The summed E-state index contributed by atoms with van der Waals surface area (Å²) in [6, 6.07) is 19.5. The summed E-state index contributed by atoms with van der Waals surface area (Å²) in [4.78, 5) is 12.8. The van der Waals surface area contributed by atoms with E-state index in [1.54, 1.807) is 11.3 Å². The minimum absolute atomic E-state index is 0.121. The van der Waals surface area contributed by atoms with E-state index >= 15 is 0 Å². The number of carbonyl (C=O) groups excluding carboxylic acids is 1. The minimum Gasteiger partial charge on any atom is -0.493 e. The third-order valence-corrected chi connectivity index (χ3v) is 7.11. The van der Waals surface area contributed by atoms with Crippen LogP contribution in [-0.2, 0) is 13.7 Å². The number of nitrogens with one attached hydrogen (secondary N) is 2. The zero-order valence-electron chi connectivity index (χ0n) is 19.3. The van der Waals surface area contributed by atoms with E-state index < -0.39 is 0 Å². The summed E-state index contributed by atoms with van der Waals surface area (Å²) in [5.41, 5.74) is 3.44. The molecule has 176 valence electrons. The number of nitrogens with zero attached hydrogens (tertiary/aromatic N) is 1. The minimum atomic E-state index is -0.121. The lowest BCUT2D eigenvalue weighted by molar-refractivity contribution is 0.101. The first-order valence-corrected chi connectivity index (χ1v) is 12.5. The molecule has 7 heteroatoms. The van der Waals surface area contributed by atoms with E-state index in [1.807, 2.05) is 77.7 Å². The molecule has 0 bridgehead atoms. The average Bonchev–Trinajstić information content (AvgIpc) is 3.46. The fourth-order valence-corrected chi connectivity index (χ4v) is 5.11. The van der Waals surface area contributed by atoms with Crippen molar-refractivity contribution in [1.82, 2.24) is 9.88 Å². The van der Waals surface area contributed by atoms with Crippen LogP contribution in [0.3, 0.4) is 0 Å².